The quantitative estimate of drug-likeness (QED) is 0.263. The summed E-state index contributed by atoms with van der Waals surface area (Å²) in [4.78, 5) is 32.9. The van der Waals surface area contributed by atoms with E-state index in [1.165, 1.54) is 18.3 Å². The molecule has 1 aromatic carbocycles. The van der Waals surface area contributed by atoms with Gasteiger partial charge in [0.05, 0.1) is 17.9 Å². The average molecular weight is 610 g/mol. The largest absolute Gasteiger partial charge is 0.416 e. The Morgan fingerprint density at radius 1 is 0.955 bits per heavy atom. The minimum Gasteiger partial charge on any atom is -0.393 e. The number of aromatic nitrogens is 5. The third kappa shape index (κ3) is 9.68. The third-order valence-corrected chi connectivity index (χ3v) is 7.34. The van der Waals surface area contributed by atoms with Gasteiger partial charge in [-0.1, -0.05) is 19.1 Å². The van der Waals surface area contributed by atoms with Crippen LogP contribution >= 0.6 is 0 Å². The predicted octanol–water partition coefficient (Wildman–Crippen LogP) is 5.77. The molecule has 4 aromatic rings. The van der Waals surface area contributed by atoms with Crippen molar-refractivity contribution in [2.75, 3.05) is 19.6 Å². The van der Waals surface area contributed by atoms with Crippen molar-refractivity contribution in [3.05, 3.63) is 84.7 Å². The van der Waals surface area contributed by atoms with Crippen LogP contribution in [0.25, 0.3) is 22.8 Å². The molecule has 3 N–H and O–H groups in total. The SMILES string of the molecule is CCNC1CCC(O)CC1.O=C(c1cnc(-c2cccc(C(F)(F)F)c2)[nH]1)N1CCCC1.c1cnc(-c2cccnc2)nc1. The van der Waals surface area contributed by atoms with E-state index < -0.39 is 11.7 Å². The van der Waals surface area contributed by atoms with Crippen LogP contribution in [-0.4, -0.2) is 72.6 Å². The first-order valence-electron chi connectivity index (χ1n) is 14.9. The number of nitrogens with zero attached hydrogens (tertiary/aromatic N) is 5. The molecular weight excluding hydrogens is 571 g/mol. The Morgan fingerprint density at radius 2 is 1.66 bits per heavy atom. The second-order valence-electron chi connectivity index (χ2n) is 10.6. The number of aromatic amines is 1. The molecule has 3 aromatic heterocycles. The van der Waals surface area contributed by atoms with Gasteiger partial charge in [-0.25, -0.2) is 15.0 Å². The fourth-order valence-corrected chi connectivity index (χ4v) is 5.02. The number of imidazole rings is 1. The van der Waals surface area contributed by atoms with Crippen LogP contribution in [0.3, 0.4) is 0 Å². The monoisotopic (exact) mass is 609 g/mol. The number of H-pyrrole nitrogens is 1. The summed E-state index contributed by atoms with van der Waals surface area (Å²) in [6.45, 7) is 4.60. The van der Waals surface area contributed by atoms with Crippen LogP contribution in [-0.2, 0) is 6.18 Å². The van der Waals surface area contributed by atoms with Gasteiger partial charge in [0, 0.05) is 55.0 Å². The summed E-state index contributed by atoms with van der Waals surface area (Å²) in [5, 5.41) is 12.6. The Morgan fingerprint density at radius 3 is 2.30 bits per heavy atom. The topological polar surface area (TPSA) is 120 Å². The molecule has 2 aliphatic rings. The molecule has 0 spiro atoms. The minimum absolute atomic E-state index is 0.0186. The number of halogens is 3. The van der Waals surface area contributed by atoms with Crippen molar-refractivity contribution in [2.45, 2.75) is 63.8 Å². The Labute approximate surface area is 255 Å². The van der Waals surface area contributed by atoms with Crippen LogP contribution in [0.5, 0.6) is 0 Å². The van der Waals surface area contributed by atoms with E-state index in [2.05, 4.69) is 37.2 Å². The summed E-state index contributed by atoms with van der Waals surface area (Å²) < 4.78 is 38.2. The van der Waals surface area contributed by atoms with Gasteiger partial charge >= 0.3 is 6.18 Å². The van der Waals surface area contributed by atoms with E-state index in [4.69, 9.17) is 5.11 Å². The summed E-state index contributed by atoms with van der Waals surface area (Å²) in [6, 6.07) is 11.1. The van der Waals surface area contributed by atoms with Crippen LogP contribution < -0.4 is 5.32 Å². The van der Waals surface area contributed by atoms with Crippen molar-refractivity contribution in [1.82, 2.24) is 35.1 Å². The smallest absolute Gasteiger partial charge is 0.393 e. The van der Waals surface area contributed by atoms with Gasteiger partial charge < -0.3 is 20.3 Å². The Hall–Kier alpha value is -4.16. The van der Waals surface area contributed by atoms with Crippen LogP contribution in [0.2, 0.25) is 0 Å². The van der Waals surface area contributed by atoms with Crippen molar-refractivity contribution in [2.24, 2.45) is 0 Å². The van der Waals surface area contributed by atoms with Gasteiger partial charge in [0.1, 0.15) is 11.5 Å². The van der Waals surface area contributed by atoms with E-state index in [9.17, 15) is 18.0 Å². The molecule has 1 saturated heterocycles. The lowest BCUT2D eigenvalue weighted by Crippen LogP contribution is -2.34. The van der Waals surface area contributed by atoms with E-state index in [1.807, 2.05) is 12.1 Å². The lowest BCUT2D eigenvalue weighted by atomic mass is 9.93. The summed E-state index contributed by atoms with van der Waals surface area (Å²) in [5.41, 5.74) is 0.802. The van der Waals surface area contributed by atoms with Gasteiger partial charge in [-0.05, 0) is 75.4 Å². The number of carbonyl (C=O) groups excluding carboxylic acids is 1. The van der Waals surface area contributed by atoms with Crippen molar-refractivity contribution >= 4 is 5.91 Å². The standard InChI is InChI=1S/C15H14F3N3O.C9H7N3.C8H17NO/c16-15(17,18)11-5-3-4-10(8-11)13-19-9-12(20-13)14(22)21-6-1-2-7-21;1-3-8(7-10-4-1)9-11-5-2-6-12-9;1-2-9-7-3-5-8(10)6-4-7/h3-5,8-9H,1-2,6-7H2,(H,19,20);1-7H;7-10H,2-6H2,1H3. The van der Waals surface area contributed by atoms with Crippen LogP contribution in [0.1, 0.15) is 61.5 Å². The van der Waals surface area contributed by atoms with E-state index in [-0.39, 0.29) is 17.8 Å². The van der Waals surface area contributed by atoms with Gasteiger partial charge in [0.2, 0.25) is 0 Å². The molecule has 0 bridgehead atoms. The van der Waals surface area contributed by atoms with Crippen molar-refractivity contribution in [1.29, 1.82) is 0 Å². The molecule has 12 heteroatoms. The zero-order valence-corrected chi connectivity index (χ0v) is 24.7. The summed E-state index contributed by atoms with van der Waals surface area (Å²) >= 11 is 0. The maximum atomic E-state index is 12.7. The number of carbonyl (C=O) groups is 1. The average Bonchev–Trinajstić information content (AvgIpc) is 3.77. The molecule has 1 aliphatic carbocycles. The van der Waals surface area contributed by atoms with E-state index in [1.54, 1.807) is 35.8 Å². The first-order chi connectivity index (χ1) is 21.2. The number of hydrogen-bond acceptors (Lipinski definition) is 7. The number of nitrogens with one attached hydrogen (secondary N) is 2. The summed E-state index contributed by atoms with van der Waals surface area (Å²) in [5.74, 6) is 0.808. The molecule has 4 heterocycles. The van der Waals surface area contributed by atoms with Crippen molar-refractivity contribution in [3.8, 4) is 22.8 Å². The van der Waals surface area contributed by atoms with Crippen LogP contribution in [0, 0.1) is 0 Å². The maximum absolute atomic E-state index is 12.7. The minimum atomic E-state index is -4.41. The molecule has 44 heavy (non-hydrogen) atoms. The van der Waals surface area contributed by atoms with Crippen molar-refractivity contribution < 1.29 is 23.1 Å². The fraction of sp³-hybridized carbons (Fsp3) is 0.406. The number of amides is 1. The zero-order valence-electron chi connectivity index (χ0n) is 24.7. The van der Waals surface area contributed by atoms with Gasteiger partial charge in [0.25, 0.3) is 5.91 Å². The van der Waals surface area contributed by atoms with Crippen LogP contribution in [0.4, 0.5) is 13.2 Å². The summed E-state index contributed by atoms with van der Waals surface area (Å²) in [6.07, 6.45) is 10.1. The number of hydrogen-bond donors (Lipinski definition) is 3. The Balaban J connectivity index is 0.000000168. The molecule has 9 nitrogen and oxygen atoms in total. The molecule has 0 atom stereocenters. The number of alkyl halides is 3. The number of likely N-dealkylation sites (tertiary alicyclic amines) is 1. The highest BCUT2D eigenvalue weighted by Gasteiger charge is 2.31. The molecule has 6 rings (SSSR count). The molecule has 1 aliphatic heterocycles. The highest BCUT2D eigenvalue weighted by Crippen LogP contribution is 2.31. The van der Waals surface area contributed by atoms with Gasteiger partial charge in [-0.3, -0.25) is 9.78 Å². The first kappa shape index (κ1) is 32.7. The number of rotatable bonds is 5. The molecular formula is C32H38F3N7O2. The second kappa shape index (κ2) is 16.1. The second-order valence-corrected chi connectivity index (χ2v) is 10.6. The number of aliphatic hydroxyl groups excluding tert-OH is 1. The van der Waals surface area contributed by atoms with Gasteiger partial charge in [0.15, 0.2) is 5.82 Å². The first-order valence-corrected chi connectivity index (χ1v) is 14.9. The molecule has 0 radical (unpaired) electrons. The number of pyridine rings is 1. The Kier molecular flexibility index (Phi) is 12.0. The van der Waals surface area contributed by atoms with Crippen LogP contribution in [0.15, 0.2) is 73.4 Å². The molecule has 1 saturated carbocycles. The summed E-state index contributed by atoms with van der Waals surface area (Å²) in [7, 11) is 0. The predicted molar refractivity (Wildman–Crippen MR) is 161 cm³/mol. The van der Waals surface area contributed by atoms with E-state index >= 15 is 0 Å². The fourth-order valence-electron chi connectivity index (χ4n) is 5.02. The molecule has 234 valence electrons. The normalized spacial score (nSPS) is 18.1. The van der Waals surface area contributed by atoms with E-state index in [0.29, 0.717) is 36.2 Å². The lowest BCUT2D eigenvalue weighted by Gasteiger charge is -2.25. The lowest BCUT2D eigenvalue weighted by molar-refractivity contribution is -0.137. The highest BCUT2D eigenvalue weighted by molar-refractivity contribution is 5.92. The molecule has 1 amide bonds. The van der Waals surface area contributed by atoms with Crippen molar-refractivity contribution in [3.63, 3.8) is 0 Å². The number of aliphatic hydroxyl groups is 1. The van der Waals surface area contributed by atoms with Gasteiger partial charge in [-0.2, -0.15) is 13.2 Å². The Bertz CT molecular complexity index is 1380. The molecule has 0 unspecified atom stereocenters. The molecule has 2 fully saturated rings. The highest BCUT2D eigenvalue weighted by atomic mass is 19.4. The van der Waals surface area contributed by atoms with Gasteiger partial charge in [-0.15, -0.1) is 0 Å². The van der Waals surface area contributed by atoms with E-state index in [0.717, 1.165) is 62.8 Å². The number of benzene rings is 1. The third-order valence-electron chi connectivity index (χ3n) is 7.34. The maximum Gasteiger partial charge on any atom is 0.416 e. The zero-order chi connectivity index (χ0) is 31.4.